The molecule has 1 heterocycles. The van der Waals surface area contributed by atoms with Crippen LogP contribution in [0, 0.1) is 0 Å². The third-order valence-corrected chi connectivity index (χ3v) is 1.93. The Hall–Kier alpha value is -0.910. The second-order valence-electron chi connectivity index (χ2n) is 3.26. The van der Waals surface area contributed by atoms with Gasteiger partial charge in [-0.25, -0.2) is 0 Å². The number of ether oxygens (including phenoxy) is 2. The minimum Gasteiger partial charge on any atom is -0.382 e. The molecule has 1 aromatic heterocycles. The summed E-state index contributed by atoms with van der Waals surface area (Å²) < 4.78 is 12.0. The first-order chi connectivity index (χ1) is 7.33. The fourth-order valence-corrected chi connectivity index (χ4v) is 1.16. The number of hydrogen-bond donors (Lipinski definition) is 1. The van der Waals surface area contributed by atoms with Crippen molar-refractivity contribution in [2.45, 2.75) is 6.54 Å². The quantitative estimate of drug-likeness (QED) is 0.625. The molecule has 0 aliphatic rings. The normalized spacial score (nSPS) is 10.8. The standard InChI is InChI=1S/C10H19N3O2/c1-13-5-3-10(12-13)9-11-4-6-15-8-7-14-2/h3,5,11H,4,6-9H2,1-2H3. The smallest absolute Gasteiger partial charge is 0.0762 e. The Morgan fingerprint density at radius 3 is 2.93 bits per heavy atom. The lowest BCUT2D eigenvalue weighted by Gasteiger charge is -2.04. The molecule has 0 saturated heterocycles. The molecule has 1 rings (SSSR count). The molecular formula is C10H19N3O2. The van der Waals surface area contributed by atoms with E-state index in [0.717, 1.165) is 18.8 Å². The molecule has 0 atom stereocenters. The Morgan fingerprint density at radius 2 is 2.27 bits per heavy atom. The first-order valence-electron chi connectivity index (χ1n) is 5.09. The van der Waals surface area contributed by atoms with Gasteiger partial charge < -0.3 is 14.8 Å². The van der Waals surface area contributed by atoms with Gasteiger partial charge in [0.1, 0.15) is 0 Å². The van der Waals surface area contributed by atoms with Crippen molar-refractivity contribution in [2.75, 3.05) is 33.5 Å². The fraction of sp³-hybridized carbons (Fsp3) is 0.700. The average Bonchev–Trinajstić information content (AvgIpc) is 2.63. The lowest BCUT2D eigenvalue weighted by Crippen LogP contribution is -2.20. The summed E-state index contributed by atoms with van der Waals surface area (Å²) in [5, 5.41) is 7.50. The third kappa shape index (κ3) is 5.51. The van der Waals surface area contributed by atoms with Gasteiger partial charge in [-0.05, 0) is 6.07 Å². The molecule has 0 bridgehead atoms. The minimum absolute atomic E-state index is 0.653. The Labute approximate surface area is 90.4 Å². The van der Waals surface area contributed by atoms with Crippen LogP contribution in [-0.4, -0.2) is 43.3 Å². The summed E-state index contributed by atoms with van der Waals surface area (Å²) in [5.41, 5.74) is 1.05. The van der Waals surface area contributed by atoms with Crippen LogP contribution in [0.2, 0.25) is 0 Å². The maximum atomic E-state index is 5.30. The molecule has 0 amide bonds. The zero-order valence-electron chi connectivity index (χ0n) is 9.40. The van der Waals surface area contributed by atoms with Crippen molar-refractivity contribution in [3.8, 4) is 0 Å². The molecular weight excluding hydrogens is 194 g/mol. The van der Waals surface area contributed by atoms with Crippen molar-refractivity contribution in [3.63, 3.8) is 0 Å². The summed E-state index contributed by atoms with van der Waals surface area (Å²) in [7, 11) is 3.58. The third-order valence-electron chi connectivity index (χ3n) is 1.93. The van der Waals surface area contributed by atoms with Crippen LogP contribution in [0.25, 0.3) is 0 Å². The van der Waals surface area contributed by atoms with Gasteiger partial charge in [0.15, 0.2) is 0 Å². The number of aromatic nitrogens is 2. The van der Waals surface area contributed by atoms with E-state index >= 15 is 0 Å². The molecule has 0 spiro atoms. The predicted octanol–water partition coefficient (Wildman–Crippen LogP) is 0.173. The summed E-state index contributed by atoms with van der Waals surface area (Å²) in [5.74, 6) is 0. The van der Waals surface area contributed by atoms with E-state index in [2.05, 4.69) is 10.4 Å². The zero-order valence-corrected chi connectivity index (χ0v) is 9.40. The van der Waals surface area contributed by atoms with Crippen molar-refractivity contribution in [3.05, 3.63) is 18.0 Å². The molecule has 15 heavy (non-hydrogen) atoms. The SMILES string of the molecule is COCCOCCNCc1ccn(C)n1. The Balaban J connectivity index is 1.93. The fourth-order valence-electron chi connectivity index (χ4n) is 1.16. The predicted molar refractivity (Wildman–Crippen MR) is 57.6 cm³/mol. The largest absolute Gasteiger partial charge is 0.382 e. The molecule has 0 saturated carbocycles. The van der Waals surface area contributed by atoms with E-state index in [4.69, 9.17) is 9.47 Å². The topological polar surface area (TPSA) is 48.3 Å². The van der Waals surface area contributed by atoms with E-state index < -0.39 is 0 Å². The summed E-state index contributed by atoms with van der Waals surface area (Å²) in [6.07, 6.45) is 1.94. The highest BCUT2D eigenvalue weighted by molar-refractivity contribution is 4.97. The second kappa shape index (κ2) is 7.39. The van der Waals surface area contributed by atoms with Gasteiger partial charge in [-0.2, -0.15) is 5.10 Å². The van der Waals surface area contributed by atoms with Crippen LogP contribution in [0.1, 0.15) is 5.69 Å². The Kier molecular flexibility index (Phi) is 5.99. The first-order valence-corrected chi connectivity index (χ1v) is 5.09. The van der Waals surface area contributed by atoms with Gasteiger partial charge in [0.05, 0.1) is 25.5 Å². The van der Waals surface area contributed by atoms with E-state index in [1.807, 2.05) is 19.3 Å². The van der Waals surface area contributed by atoms with Gasteiger partial charge in [-0.3, -0.25) is 4.68 Å². The van der Waals surface area contributed by atoms with E-state index in [1.54, 1.807) is 11.8 Å². The van der Waals surface area contributed by atoms with Crippen LogP contribution in [0.4, 0.5) is 0 Å². The van der Waals surface area contributed by atoms with Crippen molar-refractivity contribution >= 4 is 0 Å². The van der Waals surface area contributed by atoms with Gasteiger partial charge in [0.2, 0.25) is 0 Å². The lowest BCUT2D eigenvalue weighted by molar-refractivity contribution is 0.0719. The number of nitrogens with one attached hydrogen (secondary N) is 1. The maximum absolute atomic E-state index is 5.30. The highest BCUT2D eigenvalue weighted by Crippen LogP contribution is 1.92. The van der Waals surface area contributed by atoms with Gasteiger partial charge in [0.25, 0.3) is 0 Å². The summed E-state index contributed by atoms with van der Waals surface area (Å²) in [4.78, 5) is 0. The molecule has 0 fully saturated rings. The van der Waals surface area contributed by atoms with Crippen molar-refractivity contribution in [1.29, 1.82) is 0 Å². The van der Waals surface area contributed by atoms with Crippen molar-refractivity contribution in [1.82, 2.24) is 15.1 Å². The van der Waals surface area contributed by atoms with Gasteiger partial charge >= 0.3 is 0 Å². The molecule has 0 radical (unpaired) electrons. The van der Waals surface area contributed by atoms with Crippen LogP contribution in [0.5, 0.6) is 0 Å². The number of hydrogen-bond acceptors (Lipinski definition) is 4. The molecule has 1 N–H and O–H groups in total. The van der Waals surface area contributed by atoms with Gasteiger partial charge in [-0.1, -0.05) is 0 Å². The Morgan fingerprint density at radius 1 is 1.40 bits per heavy atom. The van der Waals surface area contributed by atoms with Crippen LogP contribution < -0.4 is 5.32 Å². The maximum Gasteiger partial charge on any atom is 0.0762 e. The second-order valence-corrected chi connectivity index (χ2v) is 3.26. The number of aryl methyl sites for hydroxylation is 1. The van der Waals surface area contributed by atoms with E-state index in [1.165, 1.54) is 0 Å². The van der Waals surface area contributed by atoms with E-state index in [0.29, 0.717) is 19.8 Å². The number of methoxy groups -OCH3 is 1. The monoisotopic (exact) mass is 213 g/mol. The van der Waals surface area contributed by atoms with E-state index in [9.17, 15) is 0 Å². The van der Waals surface area contributed by atoms with Crippen molar-refractivity contribution < 1.29 is 9.47 Å². The molecule has 1 aromatic rings. The zero-order chi connectivity index (χ0) is 10.9. The molecule has 0 aromatic carbocycles. The van der Waals surface area contributed by atoms with Crippen molar-refractivity contribution in [2.24, 2.45) is 7.05 Å². The minimum atomic E-state index is 0.653. The van der Waals surface area contributed by atoms with E-state index in [-0.39, 0.29) is 0 Å². The van der Waals surface area contributed by atoms with Gasteiger partial charge in [-0.15, -0.1) is 0 Å². The Bertz CT molecular complexity index is 263. The highest BCUT2D eigenvalue weighted by atomic mass is 16.5. The number of rotatable bonds is 8. The average molecular weight is 213 g/mol. The lowest BCUT2D eigenvalue weighted by atomic mass is 10.4. The van der Waals surface area contributed by atoms with Crippen LogP contribution in [0.15, 0.2) is 12.3 Å². The molecule has 5 nitrogen and oxygen atoms in total. The molecule has 0 aliphatic heterocycles. The molecule has 86 valence electrons. The van der Waals surface area contributed by atoms with Crippen LogP contribution >= 0.6 is 0 Å². The van der Waals surface area contributed by atoms with Crippen LogP contribution in [-0.2, 0) is 23.1 Å². The summed E-state index contributed by atoms with van der Waals surface area (Å²) in [6.45, 7) is 3.63. The first kappa shape index (κ1) is 12.2. The van der Waals surface area contributed by atoms with Gasteiger partial charge in [0, 0.05) is 33.4 Å². The molecule has 0 unspecified atom stereocenters. The molecule has 0 aliphatic carbocycles. The summed E-state index contributed by atoms with van der Waals surface area (Å²) >= 11 is 0. The number of nitrogens with zero attached hydrogens (tertiary/aromatic N) is 2. The molecule has 5 heteroatoms. The van der Waals surface area contributed by atoms with Crippen LogP contribution in [0.3, 0.4) is 0 Å². The summed E-state index contributed by atoms with van der Waals surface area (Å²) in [6, 6.07) is 2.00. The highest BCUT2D eigenvalue weighted by Gasteiger charge is 1.95.